The maximum absolute atomic E-state index is 12.5. The minimum absolute atomic E-state index is 0.0261. The van der Waals surface area contributed by atoms with E-state index in [1.165, 1.54) is 0 Å². The van der Waals surface area contributed by atoms with E-state index in [2.05, 4.69) is 9.23 Å². The molecule has 35 heavy (non-hydrogen) atoms. The van der Waals surface area contributed by atoms with Crippen molar-refractivity contribution in [3.8, 4) is 5.75 Å². The Hall–Kier alpha value is -2.58. The van der Waals surface area contributed by atoms with Crippen molar-refractivity contribution in [1.82, 2.24) is 14.9 Å². The van der Waals surface area contributed by atoms with Gasteiger partial charge >= 0.3 is 16.5 Å². The van der Waals surface area contributed by atoms with E-state index in [1.807, 2.05) is 30.6 Å². The fourth-order valence-corrected chi connectivity index (χ4v) is 4.56. The number of carbonyl (C=O) groups excluding carboxylic acids is 1. The molecule has 1 amide bonds. The molecule has 196 valence electrons. The Balaban J connectivity index is 1.65. The van der Waals surface area contributed by atoms with Gasteiger partial charge in [0.05, 0.1) is 0 Å². The van der Waals surface area contributed by atoms with Crippen LogP contribution in [0.3, 0.4) is 0 Å². The summed E-state index contributed by atoms with van der Waals surface area (Å²) in [6.07, 6.45) is 3.62. The van der Waals surface area contributed by atoms with Gasteiger partial charge in [0.25, 0.3) is 5.75 Å². The van der Waals surface area contributed by atoms with Gasteiger partial charge in [-0.2, -0.15) is 18.4 Å². The highest BCUT2D eigenvalue weighted by molar-refractivity contribution is 7.80. The van der Waals surface area contributed by atoms with Gasteiger partial charge in [-0.05, 0) is 50.8 Å². The van der Waals surface area contributed by atoms with Gasteiger partial charge in [0.1, 0.15) is 5.60 Å². The Morgan fingerprint density at radius 2 is 1.31 bits per heavy atom. The van der Waals surface area contributed by atoms with E-state index in [-0.39, 0.29) is 11.8 Å². The van der Waals surface area contributed by atoms with Crippen molar-refractivity contribution in [2.75, 3.05) is 67.1 Å². The van der Waals surface area contributed by atoms with Gasteiger partial charge < -0.3 is 29.2 Å². The standard InChI is InChI=1S/C21H34N6O7S/c1-21(2,3)32-20(28)27-14-12-25(13-15-27)18-16(33-34-35(29,30)31)17(24-8-4-5-9-24)22-19(23-18)26-10-6-7-11-26/h4-15H2,1-3H3,(H,29,30,31). The van der Waals surface area contributed by atoms with Crippen molar-refractivity contribution in [2.45, 2.75) is 52.1 Å². The van der Waals surface area contributed by atoms with E-state index in [0.29, 0.717) is 43.8 Å². The van der Waals surface area contributed by atoms with Crippen LogP contribution in [0.15, 0.2) is 0 Å². The molecule has 1 aromatic heterocycles. The van der Waals surface area contributed by atoms with Crippen molar-refractivity contribution in [3.05, 3.63) is 0 Å². The molecular formula is C21H34N6O7S. The maximum Gasteiger partial charge on any atom is 0.432 e. The molecule has 3 fully saturated rings. The minimum atomic E-state index is -4.87. The quantitative estimate of drug-likeness (QED) is 0.337. The van der Waals surface area contributed by atoms with Crippen LogP contribution in [0.2, 0.25) is 0 Å². The molecular weight excluding hydrogens is 480 g/mol. The number of hydrogen-bond donors (Lipinski definition) is 1. The number of nitrogens with zero attached hydrogens (tertiary/aromatic N) is 6. The zero-order valence-corrected chi connectivity index (χ0v) is 21.3. The summed E-state index contributed by atoms with van der Waals surface area (Å²) in [4.78, 5) is 34.8. The number of anilines is 3. The van der Waals surface area contributed by atoms with Gasteiger partial charge in [-0.3, -0.25) is 4.55 Å². The molecule has 3 aliphatic rings. The third-order valence-corrected chi connectivity index (χ3v) is 6.29. The van der Waals surface area contributed by atoms with E-state index in [0.717, 1.165) is 51.9 Å². The molecule has 14 heteroatoms. The average molecular weight is 515 g/mol. The van der Waals surface area contributed by atoms with E-state index < -0.39 is 16.0 Å². The van der Waals surface area contributed by atoms with Crippen LogP contribution in [-0.2, 0) is 19.5 Å². The summed E-state index contributed by atoms with van der Waals surface area (Å²) < 4.78 is 41.6. The van der Waals surface area contributed by atoms with Crippen LogP contribution < -0.4 is 19.6 Å². The van der Waals surface area contributed by atoms with Crippen LogP contribution in [0.5, 0.6) is 5.75 Å². The van der Waals surface area contributed by atoms with Gasteiger partial charge in [-0.1, -0.05) is 0 Å². The number of rotatable bonds is 6. The molecule has 0 bridgehead atoms. The second-order valence-electron chi connectivity index (χ2n) is 9.92. The molecule has 0 unspecified atom stereocenters. The lowest BCUT2D eigenvalue weighted by Gasteiger charge is -2.37. The molecule has 4 rings (SSSR count). The minimum Gasteiger partial charge on any atom is -0.444 e. The molecule has 0 atom stereocenters. The Kier molecular flexibility index (Phi) is 7.43. The van der Waals surface area contributed by atoms with Crippen molar-refractivity contribution in [2.24, 2.45) is 0 Å². The topological polar surface area (TPSA) is 138 Å². The predicted octanol–water partition coefficient (Wildman–Crippen LogP) is 1.85. The molecule has 13 nitrogen and oxygen atoms in total. The number of amides is 1. The molecule has 0 radical (unpaired) electrons. The lowest BCUT2D eigenvalue weighted by Crippen LogP contribution is -2.50. The molecule has 0 aromatic carbocycles. The third kappa shape index (κ3) is 6.55. The molecule has 4 heterocycles. The van der Waals surface area contributed by atoms with Crippen LogP contribution in [0.1, 0.15) is 46.5 Å². The average Bonchev–Trinajstić information content (AvgIpc) is 3.50. The third-order valence-electron chi connectivity index (χ3n) is 6.05. The summed E-state index contributed by atoms with van der Waals surface area (Å²) in [5.74, 6) is 1.34. The first-order valence-corrected chi connectivity index (χ1v) is 13.3. The van der Waals surface area contributed by atoms with E-state index in [4.69, 9.17) is 24.1 Å². The maximum atomic E-state index is 12.5. The predicted molar refractivity (Wildman–Crippen MR) is 128 cm³/mol. The summed E-state index contributed by atoms with van der Waals surface area (Å²) in [5, 5.41) is 0. The van der Waals surface area contributed by atoms with Crippen molar-refractivity contribution in [1.29, 1.82) is 0 Å². The van der Waals surface area contributed by atoms with Crippen molar-refractivity contribution in [3.63, 3.8) is 0 Å². The molecule has 3 aliphatic heterocycles. The molecule has 3 saturated heterocycles. The molecule has 1 N–H and O–H groups in total. The van der Waals surface area contributed by atoms with Crippen LogP contribution >= 0.6 is 0 Å². The lowest BCUT2D eigenvalue weighted by molar-refractivity contribution is -0.102. The first kappa shape index (κ1) is 25.5. The Bertz CT molecular complexity index is 1010. The normalized spacial score (nSPS) is 19.4. The largest absolute Gasteiger partial charge is 0.444 e. The van der Waals surface area contributed by atoms with E-state index in [9.17, 15) is 13.2 Å². The summed E-state index contributed by atoms with van der Waals surface area (Å²) >= 11 is 0. The van der Waals surface area contributed by atoms with E-state index >= 15 is 0 Å². The van der Waals surface area contributed by atoms with Gasteiger partial charge in [0.2, 0.25) is 5.95 Å². The van der Waals surface area contributed by atoms with Gasteiger partial charge in [-0.15, -0.1) is 0 Å². The highest BCUT2D eigenvalue weighted by Gasteiger charge is 2.33. The fourth-order valence-electron chi connectivity index (χ4n) is 4.41. The van der Waals surface area contributed by atoms with E-state index in [1.54, 1.807) is 4.90 Å². The second-order valence-corrected chi connectivity index (χ2v) is 10.9. The molecule has 0 aliphatic carbocycles. The zero-order valence-electron chi connectivity index (χ0n) is 20.5. The highest BCUT2D eigenvalue weighted by atomic mass is 32.3. The molecule has 1 aromatic rings. The van der Waals surface area contributed by atoms with Gasteiger partial charge in [0, 0.05) is 52.4 Å². The van der Waals surface area contributed by atoms with Crippen molar-refractivity contribution < 1.29 is 31.7 Å². The number of hydrogen-bond acceptors (Lipinski definition) is 11. The monoisotopic (exact) mass is 514 g/mol. The van der Waals surface area contributed by atoms with Crippen LogP contribution in [-0.4, -0.2) is 91.9 Å². The summed E-state index contributed by atoms with van der Waals surface area (Å²) in [6.45, 7) is 10.2. The first-order valence-electron chi connectivity index (χ1n) is 12.0. The zero-order chi connectivity index (χ0) is 25.2. The van der Waals surface area contributed by atoms with Crippen molar-refractivity contribution >= 4 is 34.1 Å². The first-order chi connectivity index (χ1) is 16.5. The Morgan fingerprint density at radius 3 is 1.80 bits per heavy atom. The summed E-state index contributed by atoms with van der Waals surface area (Å²) in [7, 11) is -4.87. The van der Waals surface area contributed by atoms with Crippen LogP contribution in [0.4, 0.5) is 22.4 Å². The Labute approximate surface area is 205 Å². The molecule has 0 spiro atoms. The number of piperazine rings is 1. The smallest absolute Gasteiger partial charge is 0.432 e. The highest BCUT2D eigenvalue weighted by Crippen LogP contribution is 2.40. The summed E-state index contributed by atoms with van der Waals surface area (Å²) in [6, 6.07) is 0. The SMILES string of the molecule is CC(C)(C)OC(=O)N1CCN(c2nc(N3CCCC3)nc(N3CCCC3)c2OOS(=O)(=O)O)CC1. The molecule has 0 saturated carbocycles. The lowest BCUT2D eigenvalue weighted by atomic mass is 10.2. The Morgan fingerprint density at radius 1 is 0.829 bits per heavy atom. The van der Waals surface area contributed by atoms with Crippen LogP contribution in [0.25, 0.3) is 0 Å². The fraction of sp³-hybridized carbons (Fsp3) is 0.762. The number of ether oxygens (including phenoxy) is 1. The van der Waals surface area contributed by atoms with Crippen LogP contribution in [0, 0.1) is 0 Å². The van der Waals surface area contributed by atoms with Gasteiger partial charge in [0.15, 0.2) is 11.6 Å². The summed E-state index contributed by atoms with van der Waals surface area (Å²) in [5.41, 5.74) is -0.593. The number of aromatic nitrogens is 2. The second kappa shape index (κ2) is 10.2. The van der Waals surface area contributed by atoms with Gasteiger partial charge in [-0.25, -0.2) is 4.79 Å². The number of carbonyl (C=O) groups is 1.